The first-order valence-corrected chi connectivity index (χ1v) is 11.1. The molecule has 1 fully saturated rings. The maximum Gasteiger partial charge on any atom is 0.227 e. The van der Waals surface area contributed by atoms with Gasteiger partial charge in [0.1, 0.15) is 17.0 Å². The average Bonchev–Trinajstić information content (AvgIpc) is 3.28. The Balaban J connectivity index is 1.41. The molecule has 3 aromatic heterocycles. The number of carbonyl (C=O) groups is 1. The summed E-state index contributed by atoms with van der Waals surface area (Å²) in [7, 11) is 0. The first kappa shape index (κ1) is 19.8. The molecule has 3 aromatic rings. The van der Waals surface area contributed by atoms with Gasteiger partial charge in [-0.15, -0.1) is 11.3 Å². The van der Waals surface area contributed by atoms with E-state index < -0.39 is 0 Å². The number of amides is 1. The third-order valence-corrected chi connectivity index (χ3v) is 6.39. The largest absolute Gasteiger partial charge is 0.352 e. The van der Waals surface area contributed by atoms with Crippen LogP contribution in [0.5, 0.6) is 0 Å². The van der Waals surface area contributed by atoms with E-state index in [4.69, 9.17) is 0 Å². The van der Waals surface area contributed by atoms with E-state index in [1.807, 2.05) is 21.9 Å². The zero-order valence-electron chi connectivity index (χ0n) is 17.6. The van der Waals surface area contributed by atoms with Crippen molar-refractivity contribution in [3.8, 4) is 0 Å². The number of rotatable bonds is 5. The zero-order chi connectivity index (χ0) is 20.5. The van der Waals surface area contributed by atoms with Gasteiger partial charge in [0.2, 0.25) is 5.91 Å². The van der Waals surface area contributed by atoms with Crippen LogP contribution in [0.25, 0.3) is 10.2 Å². The van der Waals surface area contributed by atoms with E-state index >= 15 is 0 Å². The maximum absolute atomic E-state index is 13.0. The summed E-state index contributed by atoms with van der Waals surface area (Å²) in [5, 5.41) is 7.80. The lowest BCUT2D eigenvalue weighted by Gasteiger charge is -2.35. The molecule has 0 saturated carbocycles. The maximum atomic E-state index is 13.0. The summed E-state index contributed by atoms with van der Waals surface area (Å²) in [6, 6.07) is 2.08. The van der Waals surface area contributed by atoms with Crippen LogP contribution in [-0.2, 0) is 17.8 Å². The molecule has 7 nitrogen and oxygen atoms in total. The van der Waals surface area contributed by atoms with Crippen molar-refractivity contribution in [2.45, 2.75) is 40.7 Å². The van der Waals surface area contributed by atoms with E-state index in [0.717, 1.165) is 52.6 Å². The first-order valence-electron chi connectivity index (χ1n) is 10.2. The van der Waals surface area contributed by atoms with Crippen LogP contribution in [0, 0.1) is 19.8 Å². The molecule has 8 heteroatoms. The molecule has 1 amide bonds. The fraction of sp³-hybridized carbons (Fsp3) is 0.524. The van der Waals surface area contributed by atoms with Crippen molar-refractivity contribution in [1.82, 2.24) is 24.6 Å². The molecule has 0 N–H and O–H groups in total. The van der Waals surface area contributed by atoms with E-state index in [2.05, 4.69) is 46.8 Å². The Bertz CT molecular complexity index is 1020. The van der Waals surface area contributed by atoms with Gasteiger partial charge in [0, 0.05) is 44.0 Å². The Hall–Kier alpha value is -2.48. The minimum atomic E-state index is 0.184. The summed E-state index contributed by atoms with van der Waals surface area (Å²) in [4.78, 5) is 27.0. The average molecular weight is 413 g/mol. The molecule has 4 heterocycles. The van der Waals surface area contributed by atoms with Crippen molar-refractivity contribution in [3.05, 3.63) is 34.7 Å². The summed E-state index contributed by atoms with van der Waals surface area (Å²) in [6.45, 7) is 12.3. The predicted octanol–water partition coefficient (Wildman–Crippen LogP) is 3.05. The van der Waals surface area contributed by atoms with Crippen LogP contribution < -0.4 is 4.90 Å². The van der Waals surface area contributed by atoms with Gasteiger partial charge >= 0.3 is 0 Å². The third kappa shape index (κ3) is 3.99. The number of hydrogen-bond acceptors (Lipinski definition) is 6. The Morgan fingerprint density at radius 1 is 1.17 bits per heavy atom. The standard InChI is InChI=1S/C21H28N6OS/c1-14(2)12-27-16(4)18(15(3)24-27)11-19(28)25-6-8-26(9-7-25)20-17-5-10-29-21(17)23-13-22-20/h5,10,13-14H,6-9,11-12H2,1-4H3. The molecule has 0 spiro atoms. The normalized spacial score (nSPS) is 14.9. The second kappa shape index (κ2) is 8.10. The molecule has 0 radical (unpaired) electrons. The number of piperazine rings is 1. The lowest BCUT2D eigenvalue weighted by molar-refractivity contribution is -0.130. The molecule has 1 saturated heterocycles. The number of aryl methyl sites for hydroxylation is 1. The molecule has 1 aliphatic heterocycles. The molecule has 0 bridgehead atoms. The number of anilines is 1. The highest BCUT2D eigenvalue weighted by molar-refractivity contribution is 7.16. The zero-order valence-corrected chi connectivity index (χ0v) is 18.4. The summed E-state index contributed by atoms with van der Waals surface area (Å²) >= 11 is 1.63. The summed E-state index contributed by atoms with van der Waals surface area (Å²) in [5.74, 6) is 1.69. The SMILES string of the molecule is Cc1nn(CC(C)C)c(C)c1CC(=O)N1CCN(c2ncnc3sccc23)CC1. The van der Waals surface area contributed by atoms with Crippen LogP contribution in [0.2, 0.25) is 0 Å². The van der Waals surface area contributed by atoms with Gasteiger partial charge in [-0.2, -0.15) is 5.10 Å². The fourth-order valence-electron chi connectivity index (χ4n) is 3.97. The van der Waals surface area contributed by atoms with Crippen LogP contribution in [0.1, 0.15) is 30.8 Å². The molecule has 0 atom stereocenters. The molecule has 0 aromatic carbocycles. The molecular weight excluding hydrogens is 384 g/mol. The summed E-state index contributed by atoms with van der Waals surface area (Å²) in [5.41, 5.74) is 3.16. The van der Waals surface area contributed by atoms with Gasteiger partial charge < -0.3 is 9.80 Å². The molecule has 1 aliphatic rings. The Morgan fingerprint density at radius 3 is 2.66 bits per heavy atom. The van der Waals surface area contributed by atoms with Crippen LogP contribution in [0.15, 0.2) is 17.8 Å². The summed E-state index contributed by atoms with van der Waals surface area (Å²) < 4.78 is 2.04. The Labute approximate surface area is 175 Å². The van der Waals surface area contributed by atoms with E-state index in [9.17, 15) is 4.79 Å². The highest BCUT2D eigenvalue weighted by atomic mass is 32.1. The van der Waals surface area contributed by atoms with Gasteiger partial charge in [-0.05, 0) is 31.2 Å². The van der Waals surface area contributed by atoms with Crippen molar-refractivity contribution in [2.24, 2.45) is 5.92 Å². The minimum absolute atomic E-state index is 0.184. The molecule has 4 rings (SSSR count). The third-order valence-electron chi connectivity index (χ3n) is 5.57. The highest BCUT2D eigenvalue weighted by Gasteiger charge is 2.25. The Kier molecular flexibility index (Phi) is 5.54. The van der Waals surface area contributed by atoms with Crippen LogP contribution in [0.4, 0.5) is 5.82 Å². The molecule has 0 unspecified atom stereocenters. The van der Waals surface area contributed by atoms with Crippen molar-refractivity contribution >= 4 is 33.3 Å². The number of carbonyl (C=O) groups excluding carboxylic acids is 1. The van der Waals surface area contributed by atoms with Crippen molar-refractivity contribution < 1.29 is 4.79 Å². The van der Waals surface area contributed by atoms with Crippen molar-refractivity contribution in [3.63, 3.8) is 0 Å². The molecule has 0 aliphatic carbocycles. The number of fused-ring (bicyclic) bond motifs is 1. The van der Waals surface area contributed by atoms with Gasteiger partial charge in [-0.25, -0.2) is 9.97 Å². The van der Waals surface area contributed by atoms with Crippen LogP contribution in [0.3, 0.4) is 0 Å². The molecule has 29 heavy (non-hydrogen) atoms. The second-order valence-electron chi connectivity index (χ2n) is 8.11. The van der Waals surface area contributed by atoms with E-state index in [1.165, 1.54) is 0 Å². The number of nitrogens with zero attached hydrogens (tertiary/aromatic N) is 6. The van der Waals surface area contributed by atoms with Gasteiger partial charge in [0.05, 0.1) is 17.5 Å². The van der Waals surface area contributed by atoms with Gasteiger partial charge in [-0.3, -0.25) is 9.48 Å². The smallest absolute Gasteiger partial charge is 0.227 e. The lowest BCUT2D eigenvalue weighted by atomic mass is 10.1. The van der Waals surface area contributed by atoms with Crippen LogP contribution in [-0.4, -0.2) is 56.7 Å². The lowest BCUT2D eigenvalue weighted by Crippen LogP contribution is -2.49. The fourth-order valence-corrected chi connectivity index (χ4v) is 4.70. The number of hydrogen-bond donors (Lipinski definition) is 0. The molecule has 154 valence electrons. The predicted molar refractivity (Wildman–Crippen MR) is 116 cm³/mol. The second-order valence-corrected chi connectivity index (χ2v) is 9.00. The number of thiophene rings is 1. The monoisotopic (exact) mass is 412 g/mol. The highest BCUT2D eigenvalue weighted by Crippen LogP contribution is 2.27. The van der Waals surface area contributed by atoms with Gasteiger partial charge in [-0.1, -0.05) is 13.8 Å². The minimum Gasteiger partial charge on any atom is -0.352 e. The van der Waals surface area contributed by atoms with Crippen molar-refractivity contribution in [2.75, 3.05) is 31.1 Å². The number of aromatic nitrogens is 4. The van der Waals surface area contributed by atoms with Crippen LogP contribution >= 0.6 is 11.3 Å². The summed E-state index contributed by atoms with van der Waals surface area (Å²) in [6.07, 6.45) is 2.06. The Morgan fingerprint density at radius 2 is 1.93 bits per heavy atom. The quantitative estimate of drug-likeness (QED) is 0.644. The topological polar surface area (TPSA) is 67.2 Å². The van der Waals surface area contributed by atoms with Gasteiger partial charge in [0.25, 0.3) is 0 Å². The van der Waals surface area contributed by atoms with Crippen molar-refractivity contribution in [1.29, 1.82) is 0 Å². The first-order chi connectivity index (χ1) is 13.9. The molecular formula is C21H28N6OS. The van der Waals surface area contributed by atoms with Gasteiger partial charge in [0.15, 0.2) is 0 Å². The van der Waals surface area contributed by atoms with E-state index in [1.54, 1.807) is 17.7 Å². The van der Waals surface area contributed by atoms with E-state index in [-0.39, 0.29) is 5.91 Å². The van der Waals surface area contributed by atoms with E-state index in [0.29, 0.717) is 25.4 Å².